The lowest BCUT2D eigenvalue weighted by atomic mass is 10.1. The van der Waals surface area contributed by atoms with Crippen LogP contribution in [-0.2, 0) is 44.8 Å². The molecule has 15 nitrogen and oxygen atoms in total. The van der Waals surface area contributed by atoms with Crippen molar-refractivity contribution in [1.29, 1.82) is 0 Å². The van der Waals surface area contributed by atoms with Gasteiger partial charge in [-0.15, -0.1) is 0 Å². The van der Waals surface area contributed by atoms with Gasteiger partial charge in [-0.05, 0) is 45.1 Å². The van der Waals surface area contributed by atoms with Crippen molar-refractivity contribution in [2.45, 2.75) is 82.9 Å². The Labute approximate surface area is 262 Å². The molecule has 6 amide bonds. The third-order valence-electron chi connectivity index (χ3n) is 6.29. The molecule has 0 aliphatic heterocycles. The average Bonchev–Trinajstić information content (AvgIpc) is 3.00. The van der Waals surface area contributed by atoms with E-state index in [1.54, 1.807) is 35.6 Å². The molecule has 0 heterocycles. The number of nitrogens with one attached hydrogen (secondary N) is 5. The number of carbonyl (C=O) groups excluding carboxylic acids is 7. The zero-order chi connectivity index (χ0) is 34.9. The standard InChI is InChI=1S/C28H39F3N6O9/c1-16(23(40)35-17(2)25(42)45-3)34-24(41)20(11-7-8-14-33-26(43)28(29,30)31)36-21(38)13-12-19(22(32)39)37-27(44)46-15-18-9-5-4-6-10-18/h4-6,9-10,16-17,19-20H,7-8,11-15H2,1-3H3,(H2,32,39)(H,33,43)(H,34,41)(H,35,40)(H,36,38)(H,37,44)/t16-,17-,19-,20+/m1/s1. The molecule has 0 spiro atoms. The minimum absolute atomic E-state index is 0.00686. The summed E-state index contributed by atoms with van der Waals surface area (Å²) in [6, 6.07) is 3.86. The predicted molar refractivity (Wildman–Crippen MR) is 154 cm³/mol. The third kappa shape index (κ3) is 15.2. The van der Waals surface area contributed by atoms with E-state index in [2.05, 4.69) is 26.0 Å². The van der Waals surface area contributed by atoms with Crippen LogP contribution in [0.5, 0.6) is 0 Å². The van der Waals surface area contributed by atoms with Crippen molar-refractivity contribution in [3.8, 4) is 0 Å². The van der Waals surface area contributed by atoms with Crippen LogP contribution in [0.1, 0.15) is 51.5 Å². The summed E-state index contributed by atoms with van der Waals surface area (Å²) in [5.74, 6) is -6.16. The summed E-state index contributed by atoms with van der Waals surface area (Å²) in [4.78, 5) is 84.7. The van der Waals surface area contributed by atoms with E-state index in [1.165, 1.54) is 13.8 Å². The molecule has 4 atom stereocenters. The molecule has 18 heteroatoms. The monoisotopic (exact) mass is 660 g/mol. The largest absolute Gasteiger partial charge is 0.471 e. The molecular weight excluding hydrogens is 621 g/mol. The first-order valence-corrected chi connectivity index (χ1v) is 14.1. The Morgan fingerprint density at radius 2 is 1.46 bits per heavy atom. The van der Waals surface area contributed by atoms with Gasteiger partial charge in [-0.25, -0.2) is 9.59 Å². The second-order valence-electron chi connectivity index (χ2n) is 10.1. The van der Waals surface area contributed by atoms with Crippen LogP contribution in [-0.4, -0.2) is 85.6 Å². The van der Waals surface area contributed by atoms with E-state index in [0.29, 0.717) is 5.56 Å². The van der Waals surface area contributed by atoms with Crippen LogP contribution >= 0.6 is 0 Å². The molecule has 0 saturated heterocycles. The number of hydrogen-bond donors (Lipinski definition) is 6. The van der Waals surface area contributed by atoms with Gasteiger partial charge in [0.05, 0.1) is 7.11 Å². The lowest BCUT2D eigenvalue weighted by Crippen LogP contribution is -2.54. The number of alkyl halides is 3. The van der Waals surface area contributed by atoms with Gasteiger partial charge in [0, 0.05) is 13.0 Å². The average molecular weight is 661 g/mol. The van der Waals surface area contributed by atoms with Crippen LogP contribution in [0.4, 0.5) is 18.0 Å². The highest BCUT2D eigenvalue weighted by Gasteiger charge is 2.38. The number of hydrogen-bond acceptors (Lipinski definition) is 9. The van der Waals surface area contributed by atoms with Crippen LogP contribution in [0.2, 0.25) is 0 Å². The predicted octanol–water partition coefficient (Wildman–Crippen LogP) is 0.0629. The van der Waals surface area contributed by atoms with E-state index in [0.717, 1.165) is 7.11 Å². The Bertz CT molecular complexity index is 1220. The summed E-state index contributed by atoms with van der Waals surface area (Å²) < 4.78 is 46.8. The molecule has 256 valence electrons. The van der Waals surface area contributed by atoms with E-state index in [1.807, 2.05) is 0 Å². The number of unbranched alkanes of at least 4 members (excludes halogenated alkanes) is 1. The van der Waals surface area contributed by atoms with Crippen molar-refractivity contribution < 1.29 is 56.2 Å². The van der Waals surface area contributed by atoms with E-state index in [-0.39, 0.29) is 38.8 Å². The molecule has 0 aromatic heterocycles. The first kappa shape index (κ1) is 39.1. The number of amides is 6. The molecule has 0 unspecified atom stereocenters. The molecule has 0 radical (unpaired) electrons. The molecular formula is C28H39F3N6O9. The summed E-state index contributed by atoms with van der Waals surface area (Å²) in [7, 11) is 1.12. The van der Waals surface area contributed by atoms with Gasteiger partial charge in [0.15, 0.2) is 0 Å². The Morgan fingerprint density at radius 1 is 0.826 bits per heavy atom. The number of methoxy groups -OCH3 is 1. The van der Waals surface area contributed by atoms with Gasteiger partial charge in [0.2, 0.25) is 23.6 Å². The van der Waals surface area contributed by atoms with Gasteiger partial charge >= 0.3 is 24.1 Å². The highest BCUT2D eigenvalue weighted by Crippen LogP contribution is 2.14. The number of benzene rings is 1. The molecule has 0 saturated carbocycles. The highest BCUT2D eigenvalue weighted by molar-refractivity contribution is 5.93. The lowest BCUT2D eigenvalue weighted by Gasteiger charge is -2.22. The number of alkyl carbamates (subject to hydrolysis) is 1. The van der Waals surface area contributed by atoms with Crippen LogP contribution in [0, 0.1) is 0 Å². The minimum Gasteiger partial charge on any atom is -0.467 e. The summed E-state index contributed by atoms with van der Waals surface area (Å²) >= 11 is 0. The Balaban J connectivity index is 2.79. The quantitative estimate of drug-likeness (QED) is 0.0924. The molecule has 0 aliphatic carbocycles. The van der Waals surface area contributed by atoms with Gasteiger partial charge in [0.25, 0.3) is 0 Å². The van der Waals surface area contributed by atoms with Gasteiger partial charge in [-0.1, -0.05) is 30.3 Å². The fraction of sp³-hybridized carbons (Fsp3) is 0.536. The maximum atomic E-state index is 13.0. The summed E-state index contributed by atoms with van der Waals surface area (Å²) in [5, 5.41) is 11.1. The first-order chi connectivity index (χ1) is 21.5. The maximum Gasteiger partial charge on any atom is 0.471 e. The van der Waals surface area contributed by atoms with Crippen molar-refractivity contribution in [3.05, 3.63) is 35.9 Å². The van der Waals surface area contributed by atoms with Gasteiger partial charge in [0.1, 0.15) is 30.8 Å². The highest BCUT2D eigenvalue weighted by atomic mass is 19.4. The molecule has 1 rings (SSSR count). The SMILES string of the molecule is COC(=O)[C@@H](C)NC(=O)[C@@H](C)NC(=O)[C@H](CCCCNC(=O)C(F)(F)F)NC(=O)CC[C@@H](NC(=O)OCc1ccccc1)C(N)=O. The first-order valence-electron chi connectivity index (χ1n) is 14.1. The van der Waals surface area contributed by atoms with Gasteiger partial charge < -0.3 is 41.8 Å². The van der Waals surface area contributed by atoms with Crippen molar-refractivity contribution >= 4 is 41.6 Å². The smallest absolute Gasteiger partial charge is 0.467 e. The normalized spacial score (nSPS) is 13.5. The molecule has 0 fully saturated rings. The molecule has 1 aromatic carbocycles. The van der Waals surface area contributed by atoms with E-state index < -0.39 is 78.4 Å². The number of primary amides is 1. The number of ether oxygens (including phenoxy) is 2. The second kappa shape index (κ2) is 19.5. The molecule has 1 aromatic rings. The van der Waals surface area contributed by atoms with Crippen molar-refractivity contribution in [1.82, 2.24) is 26.6 Å². The zero-order valence-corrected chi connectivity index (χ0v) is 25.5. The summed E-state index contributed by atoms with van der Waals surface area (Å²) in [6.45, 7) is 2.21. The molecule has 7 N–H and O–H groups in total. The minimum atomic E-state index is -5.06. The van der Waals surface area contributed by atoms with Crippen LogP contribution < -0.4 is 32.3 Å². The van der Waals surface area contributed by atoms with E-state index >= 15 is 0 Å². The zero-order valence-electron chi connectivity index (χ0n) is 25.5. The van der Waals surface area contributed by atoms with E-state index in [4.69, 9.17) is 10.5 Å². The van der Waals surface area contributed by atoms with Crippen LogP contribution in [0.25, 0.3) is 0 Å². The lowest BCUT2D eigenvalue weighted by molar-refractivity contribution is -0.173. The van der Waals surface area contributed by atoms with Gasteiger partial charge in [-0.3, -0.25) is 24.0 Å². The van der Waals surface area contributed by atoms with Crippen molar-refractivity contribution in [3.63, 3.8) is 0 Å². The van der Waals surface area contributed by atoms with Crippen LogP contribution in [0.15, 0.2) is 30.3 Å². The summed E-state index contributed by atoms with van der Waals surface area (Å²) in [5.41, 5.74) is 6.03. The summed E-state index contributed by atoms with van der Waals surface area (Å²) in [6.07, 6.45) is -6.74. The van der Waals surface area contributed by atoms with Crippen LogP contribution in [0.3, 0.4) is 0 Å². The fourth-order valence-electron chi connectivity index (χ4n) is 3.73. The third-order valence-corrected chi connectivity index (χ3v) is 6.29. The number of rotatable bonds is 18. The fourth-order valence-corrected chi connectivity index (χ4v) is 3.73. The molecule has 46 heavy (non-hydrogen) atoms. The number of carbonyl (C=O) groups is 7. The number of nitrogens with two attached hydrogens (primary N) is 1. The molecule has 0 aliphatic rings. The molecule has 0 bridgehead atoms. The van der Waals surface area contributed by atoms with E-state index in [9.17, 15) is 46.7 Å². The maximum absolute atomic E-state index is 13.0. The Morgan fingerprint density at radius 3 is 2.04 bits per heavy atom. The number of esters is 1. The van der Waals surface area contributed by atoms with Gasteiger partial charge in [-0.2, -0.15) is 13.2 Å². The van der Waals surface area contributed by atoms with Crippen molar-refractivity contribution in [2.24, 2.45) is 5.73 Å². The van der Waals surface area contributed by atoms with Crippen molar-refractivity contribution in [2.75, 3.05) is 13.7 Å². The number of halogens is 3. The second-order valence-corrected chi connectivity index (χ2v) is 10.1. The Hall–Kier alpha value is -4.90. The topological polar surface area (TPSA) is 224 Å². The Kier molecular flexibility index (Phi) is 16.6.